The topological polar surface area (TPSA) is 54.9 Å². The maximum absolute atomic E-state index is 12.5. The van der Waals surface area contributed by atoms with Crippen molar-refractivity contribution >= 4 is 17.7 Å². The summed E-state index contributed by atoms with van der Waals surface area (Å²) in [4.78, 5) is 4.26. The van der Waals surface area contributed by atoms with Crippen LogP contribution in [0.25, 0.3) is 0 Å². The summed E-state index contributed by atoms with van der Waals surface area (Å²) in [6.45, 7) is -2.24. The summed E-state index contributed by atoms with van der Waals surface area (Å²) in [5, 5.41) is 7.45. The van der Waals surface area contributed by atoms with Crippen LogP contribution in [0.3, 0.4) is 0 Å². The monoisotopic (exact) mass is 387 g/mol. The highest BCUT2D eigenvalue weighted by Crippen LogP contribution is 2.30. The van der Waals surface area contributed by atoms with Crippen LogP contribution >= 0.6 is 11.8 Å². The molecule has 0 heterocycles. The largest absolute Gasteiger partial charge is 0.493 e. The zero-order valence-electron chi connectivity index (χ0n) is 15.4. The number of hydrogen-bond acceptors (Lipinski definition) is 4. The van der Waals surface area contributed by atoms with E-state index in [-0.39, 0.29) is 5.75 Å². The van der Waals surface area contributed by atoms with Crippen LogP contribution in [0.1, 0.15) is 24.8 Å². The lowest BCUT2D eigenvalue weighted by atomic mass is 10.1. The lowest BCUT2D eigenvalue weighted by Crippen LogP contribution is -2.43. The molecule has 26 heavy (non-hydrogen) atoms. The number of rotatable bonds is 8. The molecule has 0 spiro atoms. The van der Waals surface area contributed by atoms with Gasteiger partial charge >= 0.3 is 6.61 Å². The van der Waals surface area contributed by atoms with E-state index >= 15 is 0 Å². The molecule has 1 saturated carbocycles. The second kappa shape index (κ2) is 10.4. The predicted octanol–water partition coefficient (Wildman–Crippen LogP) is 3.29. The molecule has 1 aliphatic carbocycles. The SMILES string of the molecule is CN=C(NCCc1ccc(OC)c(OC(F)F)c1)NC1CCC(SC)C1. The molecule has 1 aromatic carbocycles. The molecular weight excluding hydrogens is 360 g/mol. The molecular formula is C18H27F2N3O2S. The van der Waals surface area contributed by atoms with E-state index in [2.05, 4.69) is 26.6 Å². The maximum Gasteiger partial charge on any atom is 0.387 e. The maximum atomic E-state index is 12.5. The third-order valence-corrected chi connectivity index (χ3v) is 5.53. The van der Waals surface area contributed by atoms with Gasteiger partial charge in [-0.3, -0.25) is 4.99 Å². The summed E-state index contributed by atoms with van der Waals surface area (Å²) in [6.07, 6.45) is 6.34. The minimum Gasteiger partial charge on any atom is -0.493 e. The van der Waals surface area contributed by atoms with Crippen LogP contribution < -0.4 is 20.1 Å². The fraction of sp³-hybridized carbons (Fsp3) is 0.611. The summed E-state index contributed by atoms with van der Waals surface area (Å²) in [7, 11) is 3.17. The molecule has 2 N–H and O–H groups in total. The van der Waals surface area contributed by atoms with E-state index in [0.717, 1.165) is 29.6 Å². The highest BCUT2D eigenvalue weighted by atomic mass is 32.2. The Morgan fingerprint density at radius 2 is 2.15 bits per heavy atom. The molecule has 146 valence electrons. The zero-order valence-corrected chi connectivity index (χ0v) is 16.2. The number of hydrogen-bond donors (Lipinski definition) is 2. The van der Waals surface area contributed by atoms with Gasteiger partial charge in [0.15, 0.2) is 17.5 Å². The van der Waals surface area contributed by atoms with Gasteiger partial charge in [0.25, 0.3) is 0 Å². The van der Waals surface area contributed by atoms with Crippen LogP contribution in [-0.4, -0.2) is 50.8 Å². The van der Waals surface area contributed by atoms with E-state index in [9.17, 15) is 8.78 Å². The van der Waals surface area contributed by atoms with Crippen molar-refractivity contribution in [2.45, 2.75) is 43.6 Å². The molecule has 0 radical (unpaired) electrons. The zero-order chi connectivity index (χ0) is 18.9. The molecule has 0 bridgehead atoms. The number of ether oxygens (including phenoxy) is 2. The molecule has 0 saturated heterocycles. The molecule has 0 aromatic heterocycles. The number of halogens is 2. The van der Waals surface area contributed by atoms with Crippen molar-refractivity contribution in [1.82, 2.24) is 10.6 Å². The Bertz CT molecular complexity index is 602. The predicted molar refractivity (Wildman–Crippen MR) is 103 cm³/mol. The van der Waals surface area contributed by atoms with Gasteiger partial charge in [-0.1, -0.05) is 6.07 Å². The van der Waals surface area contributed by atoms with Crippen LogP contribution in [-0.2, 0) is 6.42 Å². The molecule has 5 nitrogen and oxygen atoms in total. The van der Waals surface area contributed by atoms with E-state index in [4.69, 9.17) is 4.74 Å². The van der Waals surface area contributed by atoms with Gasteiger partial charge < -0.3 is 20.1 Å². The summed E-state index contributed by atoms with van der Waals surface area (Å²) in [6, 6.07) is 5.52. The Morgan fingerprint density at radius 1 is 1.35 bits per heavy atom. The van der Waals surface area contributed by atoms with E-state index < -0.39 is 6.61 Å². The van der Waals surface area contributed by atoms with Gasteiger partial charge in [0.2, 0.25) is 0 Å². The van der Waals surface area contributed by atoms with Crippen molar-refractivity contribution in [3.05, 3.63) is 23.8 Å². The number of nitrogens with zero attached hydrogens (tertiary/aromatic N) is 1. The van der Waals surface area contributed by atoms with Crippen LogP contribution in [0.15, 0.2) is 23.2 Å². The van der Waals surface area contributed by atoms with Crippen molar-refractivity contribution in [1.29, 1.82) is 0 Å². The van der Waals surface area contributed by atoms with Crippen LogP contribution in [0.5, 0.6) is 11.5 Å². The van der Waals surface area contributed by atoms with Crippen LogP contribution in [0.2, 0.25) is 0 Å². The van der Waals surface area contributed by atoms with Gasteiger partial charge in [-0.15, -0.1) is 0 Å². The number of alkyl halides is 2. The minimum atomic E-state index is -2.88. The van der Waals surface area contributed by atoms with E-state index in [1.807, 2.05) is 17.8 Å². The first-order valence-electron chi connectivity index (χ1n) is 8.67. The highest BCUT2D eigenvalue weighted by molar-refractivity contribution is 7.99. The van der Waals surface area contributed by atoms with E-state index in [0.29, 0.717) is 24.8 Å². The quantitative estimate of drug-likeness (QED) is 0.530. The fourth-order valence-electron chi connectivity index (χ4n) is 3.06. The first-order chi connectivity index (χ1) is 12.5. The van der Waals surface area contributed by atoms with Crippen LogP contribution in [0, 0.1) is 0 Å². The lowest BCUT2D eigenvalue weighted by Gasteiger charge is -2.17. The van der Waals surface area contributed by atoms with Gasteiger partial charge in [-0.05, 0) is 49.6 Å². The summed E-state index contributed by atoms with van der Waals surface area (Å²) in [5.74, 6) is 1.12. The molecule has 2 unspecified atom stereocenters. The molecule has 0 amide bonds. The molecule has 2 rings (SSSR count). The summed E-state index contributed by atoms with van der Waals surface area (Å²) in [5.41, 5.74) is 0.882. The van der Waals surface area contributed by atoms with Gasteiger partial charge in [0.05, 0.1) is 7.11 Å². The lowest BCUT2D eigenvalue weighted by molar-refractivity contribution is -0.0512. The average Bonchev–Trinajstić information content (AvgIpc) is 3.08. The Morgan fingerprint density at radius 3 is 2.77 bits per heavy atom. The number of guanidine groups is 1. The minimum absolute atomic E-state index is 0.0524. The van der Waals surface area contributed by atoms with Gasteiger partial charge in [-0.25, -0.2) is 0 Å². The van der Waals surface area contributed by atoms with Crippen molar-refractivity contribution in [3.63, 3.8) is 0 Å². The average molecular weight is 387 g/mol. The van der Waals surface area contributed by atoms with Gasteiger partial charge in [-0.2, -0.15) is 20.5 Å². The second-order valence-electron chi connectivity index (χ2n) is 6.12. The molecule has 1 aromatic rings. The number of methoxy groups -OCH3 is 1. The molecule has 2 atom stereocenters. The van der Waals surface area contributed by atoms with Crippen LogP contribution in [0.4, 0.5) is 8.78 Å². The number of benzene rings is 1. The first kappa shape index (κ1) is 20.6. The fourth-order valence-corrected chi connectivity index (χ4v) is 3.86. The Labute approximate surface area is 157 Å². The number of thioether (sulfide) groups is 1. The van der Waals surface area contributed by atoms with Gasteiger partial charge in [0, 0.05) is 24.9 Å². The smallest absolute Gasteiger partial charge is 0.387 e. The van der Waals surface area contributed by atoms with E-state index in [1.165, 1.54) is 13.5 Å². The summed E-state index contributed by atoms with van der Waals surface area (Å²) < 4.78 is 34.6. The third kappa shape index (κ3) is 6.23. The van der Waals surface area contributed by atoms with Crippen molar-refractivity contribution in [3.8, 4) is 11.5 Å². The van der Waals surface area contributed by atoms with Crippen molar-refractivity contribution < 1.29 is 18.3 Å². The first-order valence-corrected chi connectivity index (χ1v) is 9.96. The molecule has 8 heteroatoms. The summed E-state index contributed by atoms with van der Waals surface area (Å²) >= 11 is 1.92. The highest BCUT2D eigenvalue weighted by Gasteiger charge is 2.24. The standard InChI is InChI=1S/C18H27F2N3O2S/c1-21-18(23-13-5-6-14(11-13)26-3)22-9-8-12-4-7-15(24-2)16(10-12)25-17(19)20/h4,7,10,13-14,17H,5-6,8-9,11H2,1-3H3,(H2,21,22,23). The molecule has 1 aliphatic rings. The Balaban J connectivity index is 1.84. The van der Waals surface area contributed by atoms with Crippen molar-refractivity contribution in [2.75, 3.05) is 27.0 Å². The Kier molecular flexibility index (Phi) is 8.28. The normalized spacial score (nSPS) is 20.3. The molecule has 0 aliphatic heterocycles. The number of aliphatic imine (C=N–C) groups is 1. The number of nitrogens with one attached hydrogen (secondary N) is 2. The van der Waals surface area contributed by atoms with E-state index in [1.54, 1.807) is 19.2 Å². The van der Waals surface area contributed by atoms with Gasteiger partial charge in [0.1, 0.15) is 0 Å². The Hall–Kier alpha value is -1.70. The third-order valence-electron chi connectivity index (χ3n) is 4.43. The molecule has 1 fully saturated rings. The second-order valence-corrected chi connectivity index (χ2v) is 7.26. The van der Waals surface area contributed by atoms with Crippen molar-refractivity contribution in [2.24, 2.45) is 4.99 Å².